The van der Waals surface area contributed by atoms with Crippen LogP contribution in [0.2, 0.25) is 0 Å². The van der Waals surface area contributed by atoms with Gasteiger partial charge in [0.2, 0.25) is 0 Å². The molecule has 2 aliphatic rings. The van der Waals surface area contributed by atoms with Crippen LogP contribution in [0.15, 0.2) is 0 Å². The summed E-state index contributed by atoms with van der Waals surface area (Å²) >= 11 is 0. The molecule has 3 heteroatoms. The van der Waals surface area contributed by atoms with Crippen molar-refractivity contribution in [3.63, 3.8) is 0 Å². The lowest BCUT2D eigenvalue weighted by molar-refractivity contribution is 0.0674. The molecule has 17 heavy (non-hydrogen) atoms. The van der Waals surface area contributed by atoms with Gasteiger partial charge >= 0.3 is 0 Å². The first-order valence-corrected chi connectivity index (χ1v) is 7.44. The molecule has 0 amide bonds. The van der Waals surface area contributed by atoms with Gasteiger partial charge in [-0.15, -0.1) is 0 Å². The number of hydrazine groups is 1. The van der Waals surface area contributed by atoms with Gasteiger partial charge in [0, 0.05) is 18.6 Å². The number of hydrogen-bond acceptors (Lipinski definition) is 3. The Kier molecular flexibility index (Phi) is 5.26. The van der Waals surface area contributed by atoms with Crippen LogP contribution in [-0.2, 0) is 4.74 Å². The molecule has 0 aromatic carbocycles. The number of nitrogens with one attached hydrogen (secondary N) is 1. The van der Waals surface area contributed by atoms with Crippen molar-refractivity contribution in [2.24, 2.45) is 17.7 Å². The minimum absolute atomic E-state index is 0.430. The van der Waals surface area contributed by atoms with Crippen LogP contribution in [0.1, 0.15) is 58.3 Å². The van der Waals surface area contributed by atoms with Crippen LogP contribution in [0.4, 0.5) is 0 Å². The summed E-state index contributed by atoms with van der Waals surface area (Å²) in [7, 11) is 0. The monoisotopic (exact) mass is 240 g/mol. The molecule has 2 rings (SSSR count). The predicted molar refractivity (Wildman–Crippen MR) is 70.4 cm³/mol. The van der Waals surface area contributed by atoms with Gasteiger partial charge < -0.3 is 4.74 Å². The van der Waals surface area contributed by atoms with Gasteiger partial charge in [0.1, 0.15) is 0 Å². The van der Waals surface area contributed by atoms with E-state index in [1.54, 1.807) is 0 Å². The van der Waals surface area contributed by atoms with Crippen molar-refractivity contribution in [3.8, 4) is 0 Å². The summed E-state index contributed by atoms with van der Waals surface area (Å²) in [6.07, 6.45) is 11.0. The molecular weight excluding hydrogens is 212 g/mol. The summed E-state index contributed by atoms with van der Waals surface area (Å²) in [5.41, 5.74) is 3.13. The molecule has 1 aliphatic heterocycles. The molecule has 3 unspecified atom stereocenters. The smallest absolute Gasteiger partial charge is 0.0617 e. The van der Waals surface area contributed by atoms with Crippen molar-refractivity contribution < 1.29 is 4.74 Å². The normalized spacial score (nSPS) is 33.5. The largest absolute Gasteiger partial charge is 0.378 e. The fourth-order valence-corrected chi connectivity index (χ4v) is 3.78. The number of rotatable bonds is 4. The summed E-state index contributed by atoms with van der Waals surface area (Å²) in [4.78, 5) is 0. The molecule has 1 saturated heterocycles. The van der Waals surface area contributed by atoms with E-state index in [0.717, 1.165) is 18.9 Å². The van der Waals surface area contributed by atoms with Crippen molar-refractivity contribution >= 4 is 0 Å². The Hall–Kier alpha value is -0.120. The van der Waals surface area contributed by atoms with E-state index in [0.29, 0.717) is 18.1 Å². The highest BCUT2D eigenvalue weighted by atomic mass is 16.5. The maximum absolute atomic E-state index is 5.85. The van der Waals surface area contributed by atoms with Crippen LogP contribution in [0.3, 0.4) is 0 Å². The van der Waals surface area contributed by atoms with E-state index in [2.05, 4.69) is 12.3 Å². The van der Waals surface area contributed by atoms with Gasteiger partial charge in [0.15, 0.2) is 0 Å². The number of hydrogen-bond donors (Lipinski definition) is 2. The molecule has 3 nitrogen and oxygen atoms in total. The average Bonchev–Trinajstić information content (AvgIpc) is 2.65. The van der Waals surface area contributed by atoms with Crippen LogP contribution in [0, 0.1) is 11.8 Å². The third-order valence-electron chi connectivity index (χ3n) is 4.72. The first-order valence-electron chi connectivity index (χ1n) is 7.44. The van der Waals surface area contributed by atoms with E-state index in [-0.39, 0.29) is 0 Å². The molecule has 0 bridgehead atoms. The van der Waals surface area contributed by atoms with Gasteiger partial charge in [-0.3, -0.25) is 11.3 Å². The van der Waals surface area contributed by atoms with Crippen molar-refractivity contribution in [3.05, 3.63) is 0 Å². The van der Waals surface area contributed by atoms with Crippen LogP contribution >= 0.6 is 0 Å². The second kappa shape index (κ2) is 6.72. The van der Waals surface area contributed by atoms with Gasteiger partial charge in [0.05, 0.1) is 6.10 Å². The van der Waals surface area contributed by atoms with Crippen LogP contribution in [0.5, 0.6) is 0 Å². The summed E-state index contributed by atoms with van der Waals surface area (Å²) in [6, 6.07) is 0.473. The standard InChI is InChI=1S/C14H28N2O/c1-2-13-12(9-10-17-13)14(16-15)11-7-5-3-4-6-8-11/h11-14,16H,2-10,15H2,1H3. The Balaban J connectivity index is 1.98. The van der Waals surface area contributed by atoms with E-state index >= 15 is 0 Å². The molecule has 0 spiro atoms. The zero-order chi connectivity index (χ0) is 12.1. The lowest BCUT2D eigenvalue weighted by atomic mass is 9.80. The second-order valence-corrected chi connectivity index (χ2v) is 5.71. The van der Waals surface area contributed by atoms with Gasteiger partial charge in [-0.25, -0.2) is 0 Å². The minimum Gasteiger partial charge on any atom is -0.378 e. The Morgan fingerprint density at radius 1 is 1.18 bits per heavy atom. The number of nitrogens with two attached hydrogens (primary N) is 1. The molecule has 1 aliphatic carbocycles. The molecule has 0 aromatic rings. The zero-order valence-electron chi connectivity index (χ0n) is 11.2. The van der Waals surface area contributed by atoms with E-state index in [9.17, 15) is 0 Å². The van der Waals surface area contributed by atoms with Crippen molar-refractivity contribution in [1.29, 1.82) is 0 Å². The first kappa shape index (κ1) is 13.3. The van der Waals surface area contributed by atoms with E-state index in [4.69, 9.17) is 10.6 Å². The Bertz CT molecular complexity index is 214. The SMILES string of the molecule is CCC1OCCC1C(NN)C1CCCCCC1. The van der Waals surface area contributed by atoms with Crippen LogP contribution in [0.25, 0.3) is 0 Å². The lowest BCUT2D eigenvalue weighted by Gasteiger charge is -2.33. The molecule has 0 radical (unpaired) electrons. The molecule has 1 saturated carbocycles. The molecule has 3 N–H and O–H groups in total. The van der Waals surface area contributed by atoms with E-state index in [1.165, 1.54) is 44.9 Å². The maximum Gasteiger partial charge on any atom is 0.0617 e. The molecule has 100 valence electrons. The van der Waals surface area contributed by atoms with Crippen molar-refractivity contribution in [2.45, 2.75) is 70.4 Å². The summed E-state index contributed by atoms with van der Waals surface area (Å²) < 4.78 is 5.82. The first-order chi connectivity index (χ1) is 8.36. The molecule has 1 heterocycles. The fraction of sp³-hybridized carbons (Fsp3) is 1.00. The molecular formula is C14H28N2O. The number of ether oxygens (including phenoxy) is 1. The maximum atomic E-state index is 5.85. The Morgan fingerprint density at radius 3 is 2.47 bits per heavy atom. The Labute approximate surface area is 105 Å². The van der Waals surface area contributed by atoms with Crippen molar-refractivity contribution in [2.75, 3.05) is 6.61 Å². The predicted octanol–water partition coefficient (Wildman–Crippen LogP) is 2.60. The van der Waals surface area contributed by atoms with Gasteiger partial charge in [-0.2, -0.15) is 0 Å². The topological polar surface area (TPSA) is 47.3 Å². The summed E-state index contributed by atoms with van der Waals surface area (Å²) in [5.74, 6) is 7.25. The third kappa shape index (κ3) is 3.21. The second-order valence-electron chi connectivity index (χ2n) is 5.71. The average molecular weight is 240 g/mol. The fourth-order valence-electron chi connectivity index (χ4n) is 3.78. The van der Waals surface area contributed by atoms with Gasteiger partial charge in [-0.05, 0) is 31.6 Å². The van der Waals surface area contributed by atoms with Gasteiger partial charge in [-0.1, -0.05) is 32.6 Å². The van der Waals surface area contributed by atoms with Gasteiger partial charge in [0.25, 0.3) is 0 Å². The summed E-state index contributed by atoms with van der Waals surface area (Å²) in [6.45, 7) is 3.15. The summed E-state index contributed by atoms with van der Waals surface area (Å²) in [5, 5.41) is 0. The van der Waals surface area contributed by atoms with Crippen molar-refractivity contribution in [1.82, 2.24) is 5.43 Å². The molecule has 3 atom stereocenters. The zero-order valence-corrected chi connectivity index (χ0v) is 11.2. The minimum atomic E-state index is 0.430. The highest BCUT2D eigenvalue weighted by Crippen LogP contribution is 2.34. The Morgan fingerprint density at radius 2 is 1.88 bits per heavy atom. The van der Waals surface area contributed by atoms with Crippen LogP contribution < -0.4 is 11.3 Å². The quantitative estimate of drug-likeness (QED) is 0.451. The van der Waals surface area contributed by atoms with Crippen LogP contribution in [-0.4, -0.2) is 18.8 Å². The van der Waals surface area contributed by atoms with E-state index < -0.39 is 0 Å². The third-order valence-corrected chi connectivity index (χ3v) is 4.72. The van der Waals surface area contributed by atoms with E-state index in [1.807, 2.05) is 0 Å². The lowest BCUT2D eigenvalue weighted by Crippen LogP contribution is -2.48. The molecule has 0 aromatic heterocycles. The highest BCUT2D eigenvalue weighted by Gasteiger charge is 2.37. The molecule has 2 fully saturated rings. The highest BCUT2D eigenvalue weighted by molar-refractivity contribution is 4.89.